The van der Waals surface area contributed by atoms with Crippen LogP contribution in [0.5, 0.6) is 0 Å². The summed E-state index contributed by atoms with van der Waals surface area (Å²) in [6.45, 7) is 8.06. The highest BCUT2D eigenvalue weighted by Gasteiger charge is 2.17. The molecule has 1 aromatic carbocycles. The van der Waals surface area contributed by atoms with E-state index in [1.165, 1.54) is 30.0 Å². The predicted octanol–water partition coefficient (Wildman–Crippen LogP) is 4.56. The van der Waals surface area contributed by atoms with Gasteiger partial charge in [-0.25, -0.2) is 4.98 Å². The van der Waals surface area contributed by atoms with Crippen molar-refractivity contribution >= 4 is 56.5 Å². The van der Waals surface area contributed by atoms with E-state index in [4.69, 9.17) is 4.98 Å². The number of anilines is 2. The summed E-state index contributed by atoms with van der Waals surface area (Å²) in [6, 6.07) is 6.91. The Kier molecular flexibility index (Phi) is 7.50. The molecule has 0 saturated heterocycles. The Morgan fingerprint density at radius 3 is 2.39 bits per heavy atom. The fourth-order valence-electron chi connectivity index (χ4n) is 3.10. The van der Waals surface area contributed by atoms with Gasteiger partial charge in [-0.3, -0.25) is 19.0 Å². The summed E-state index contributed by atoms with van der Waals surface area (Å²) >= 11 is 2.78. The maximum Gasteiger partial charge on any atom is 0.263 e. The van der Waals surface area contributed by atoms with Gasteiger partial charge >= 0.3 is 0 Å². The van der Waals surface area contributed by atoms with Crippen LogP contribution in [0.25, 0.3) is 10.2 Å². The number of hydrogen-bond donors (Lipinski definition) is 2. The second-order valence-electron chi connectivity index (χ2n) is 7.26. The fraction of sp³-hybridized carbons (Fsp3) is 0.364. The van der Waals surface area contributed by atoms with Gasteiger partial charge in [0.05, 0.1) is 11.1 Å². The minimum atomic E-state index is -0.188. The van der Waals surface area contributed by atoms with Gasteiger partial charge in [-0.1, -0.05) is 25.1 Å². The van der Waals surface area contributed by atoms with Crippen LogP contribution in [-0.2, 0) is 16.1 Å². The first-order chi connectivity index (χ1) is 14.8. The molecular weight excluding hydrogens is 432 g/mol. The molecule has 0 spiro atoms. The van der Waals surface area contributed by atoms with Crippen molar-refractivity contribution in [1.29, 1.82) is 0 Å². The van der Waals surface area contributed by atoms with Crippen molar-refractivity contribution in [2.45, 2.75) is 52.2 Å². The maximum atomic E-state index is 13.1. The van der Waals surface area contributed by atoms with Crippen molar-refractivity contribution in [2.75, 3.05) is 16.4 Å². The molecule has 7 nitrogen and oxygen atoms in total. The highest BCUT2D eigenvalue weighted by Crippen LogP contribution is 2.28. The number of benzene rings is 1. The summed E-state index contributed by atoms with van der Waals surface area (Å²) in [5.41, 5.74) is 2.26. The molecule has 0 saturated carbocycles. The van der Waals surface area contributed by atoms with Crippen molar-refractivity contribution in [3.05, 3.63) is 45.1 Å². The van der Waals surface area contributed by atoms with Crippen LogP contribution in [0, 0.1) is 13.8 Å². The van der Waals surface area contributed by atoms with E-state index >= 15 is 0 Å². The Labute approximate surface area is 189 Å². The molecule has 0 aliphatic rings. The van der Waals surface area contributed by atoms with Crippen LogP contribution in [0.3, 0.4) is 0 Å². The number of nitrogens with zero attached hydrogens (tertiary/aromatic N) is 2. The number of carbonyl (C=O) groups is 2. The van der Waals surface area contributed by atoms with Gasteiger partial charge in [-0.05, 0) is 50.1 Å². The molecule has 0 radical (unpaired) electrons. The average molecular weight is 459 g/mol. The quantitative estimate of drug-likeness (QED) is 0.381. The number of hydrogen-bond acceptors (Lipinski definition) is 6. The lowest BCUT2D eigenvalue weighted by Gasteiger charge is -2.12. The number of thioether (sulfide) groups is 1. The fourth-order valence-corrected chi connectivity index (χ4v) is 5.00. The van der Waals surface area contributed by atoms with Crippen LogP contribution in [0.15, 0.2) is 34.2 Å². The molecule has 2 heterocycles. The van der Waals surface area contributed by atoms with E-state index in [0.29, 0.717) is 28.5 Å². The summed E-state index contributed by atoms with van der Waals surface area (Å²) in [5.74, 6) is -0.198. The number of aryl methyl sites for hydroxylation is 2. The van der Waals surface area contributed by atoms with E-state index in [2.05, 4.69) is 17.6 Å². The Morgan fingerprint density at radius 1 is 1.13 bits per heavy atom. The first kappa shape index (κ1) is 23.0. The third-order valence-corrected chi connectivity index (χ3v) is 6.89. The Hall–Kier alpha value is -2.65. The lowest BCUT2D eigenvalue weighted by molar-refractivity contribution is -0.114. The number of thiophene rings is 1. The molecule has 0 unspecified atom stereocenters. The molecule has 0 fully saturated rings. The van der Waals surface area contributed by atoms with Crippen LogP contribution in [-0.4, -0.2) is 27.1 Å². The normalized spacial score (nSPS) is 11.0. The summed E-state index contributed by atoms with van der Waals surface area (Å²) < 4.78 is 1.70. The lowest BCUT2D eigenvalue weighted by Crippen LogP contribution is -2.24. The molecule has 164 valence electrons. The smallest absolute Gasteiger partial charge is 0.263 e. The average Bonchev–Trinajstić information content (AvgIpc) is 3.00. The minimum Gasteiger partial charge on any atom is -0.326 e. The van der Waals surface area contributed by atoms with Crippen molar-refractivity contribution in [2.24, 2.45) is 0 Å². The first-order valence-corrected chi connectivity index (χ1v) is 11.9. The third kappa shape index (κ3) is 5.54. The Bertz CT molecular complexity index is 1170. The van der Waals surface area contributed by atoms with Crippen molar-refractivity contribution in [3.8, 4) is 0 Å². The molecule has 0 aliphatic heterocycles. The molecule has 3 rings (SSSR count). The molecule has 2 N–H and O–H groups in total. The van der Waals surface area contributed by atoms with E-state index in [0.717, 1.165) is 28.1 Å². The monoisotopic (exact) mass is 458 g/mol. The molecule has 3 aromatic rings. The topological polar surface area (TPSA) is 93.1 Å². The van der Waals surface area contributed by atoms with Crippen molar-refractivity contribution in [1.82, 2.24) is 9.55 Å². The zero-order valence-electron chi connectivity index (χ0n) is 18.1. The number of aromatic nitrogens is 2. The number of unbranched alkanes of at least 4 members (excludes halogenated alkanes) is 1. The van der Waals surface area contributed by atoms with Gasteiger partial charge in [0.15, 0.2) is 5.16 Å². The van der Waals surface area contributed by atoms with Gasteiger partial charge in [0.2, 0.25) is 11.8 Å². The largest absolute Gasteiger partial charge is 0.326 e. The van der Waals surface area contributed by atoms with Gasteiger partial charge in [0.1, 0.15) is 4.83 Å². The van der Waals surface area contributed by atoms with Crippen LogP contribution >= 0.6 is 23.1 Å². The van der Waals surface area contributed by atoms with Gasteiger partial charge in [0, 0.05) is 29.7 Å². The lowest BCUT2D eigenvalue weighted by atomic mass is 10.2. The Balaban J connectivity index is 1.75. The van der Waals surface area contributed by atoms with Crippen LogP contribution in [0.1, 0.15) is 37.1 Å². The van der Waals surface area contributed by atoms with Gasteiger partial charge < -0.3 is 10.6 Å². The SMILES string of the molecule is CCCCn1c(SCC(=O)Nc2ccc(NC(C)=O)cc2)nc2sc(C)c(C)c2c1=O. The minimum absolute atomic E-state index is 0.0308. The van der Waals surface area contributed by atoms with Crippen LogP contribution < -0.4 is 16.2 Å². The summed E-state index contributed by atoms with van der Waals surface area (Å²) in [4.78, 5) is 43.2. The number of nitrogens with one attached hydrogen (secondary N) is 2. The van der Waals surface area contributed by atoms with Gasteiger partial charge in [0.25, 0.3) is 5.56 Å². The number of fused-ring (bicyclic) bond motifs is 1. The summed E-state index contributed by atoms with van der Waals surface area (Å²) in [5, 5.41) is 6.78. The van der Waals surface area contributed by atoms with Crippen LogP contribution in [0.4, 0.5) is 11.4 Å². The van der Waals surface area contributed by atoms with Crippen molar-refractivity contribution in [3.63, 3.8) is 0 Å². The summed E-state index contributed by atoms with van der Waals surface area (Å²) in [6.07, 6.45) is 1.83. The first-order valence-electron chi connectivity index (χ1n) is 10.1. The molecule has 2 amide bonds. The molecule has 0 bridgehead atoms. The summed E-state index contributed by atoms with van der Waals surface area (Å²) in [7, 11) is 0. The zero-order valence-corrected chi connectivity index (χ0v) is 19.7. The molecule has 2 aromatic heterocycles. The van der Waals surface area contributed by atoms with E-state index in [1.54, 1.807) is 28.8 Å². The van der Waals surface area contributed by atoms with Crippen molar-refractivity contribution < 1.29 is 9.59 Å². The van der Waals surface area contributed by atoms with Gasteiger partial charge in [-0.15, -0.1) is 11.3 Å². The molecule has 0 atom stereocenters. The predicted molar refractivity (Wildman–Crippen MR) is 128 cm³/mol. The highest BCUT2D eigenvalue weighted by atomic mass is 32.2. The van der Waals surface area contributed by atoms with E-state index in [1.807, 2.05) is 13.8 Å². The second kappa shape index (κ2) is 10.1. The molecule has 9 heteroatoms. The van der Waals surface area contributed by atoms with E-state index in [-0.39, 0.29) is 23.1 Å². The van der Waals surface area contributed by atoms with E-state index in [9.17, 15) is 14.4 Å². The molecule has 31 heavy (non-hydrogen) atoms. The second-order valence-corrected chi connectivity index (χ2v) is 9.41. The number of amides is 2. The maximum absolute atomic E-state index is 13.1. The highest BCUT2D eigenvalue weighted by molar-refractivity contribution is 7.99. The Morgan fingerprint density at radius 2 is 1.77 bits per heavy atom. The number of rotatable bonds is 8. The molecular formula is C22H26N4O3S2. The number of carbonyl (C=O) groups excluding carboxylic acids is 2. The van der Waals surface area contributed by atoms with E-state index < -0.39 is 0 Å². The standard InChI is InChI=1S/C22H26N4O3S2/c1-5-6-11-26-21(29)19-13(2)14(3)31-20(19)25-22(26)30-12-18(28)24-17-9-7-16(8-10-17)23-15(4)27/h7-10H,5-6,11-12H2,1-4H3,(H,23,27)(H,24,28). The van der Waals surface area contributed by atoms with Gasteiger partial charge in [-0.2, -0.15) is 0 Å². The zero-order chi connectivity index (χ0) is 22.5. The molecule has 0 aliphatic carbocycles. The van der Waals surface area contributed by atoms with Crippen LogP contribution in [0.2, 0.25) is 0 Å². The third-order valence-electron chi connectivity index (χ3n) is 4.81.